The van der Waals surface area contributed by atoms with Crippen molar-refractivity contribution in [3.8, 4) is 18.1 Å². The molecule has 0 fully saturated rings. The van der Waals surface area contributed by atoms with Crippen LogP contribution in [0.3, 0.4) is 0 Å². The summed E-state index contributed by atoms with van der Waals surface area (Å²) < 4.78 is 7.71. The number of benzene rings is 3. The minimum atomic E-state index is -0.482. The maximum atomic E-state index is 13.0. The molecule has 0 aliphatic rings. The van der Waals surface area contributed by atoms with Crippen LogP contribution in [0.2, 0.25) is 0 Å². The third-order valence-electron chi connectivity index (χ3n) is 4.62. The molecule has 0 saturated carbocycles. The van der Waals surface area contributed by atoms with Gasteiger partial charge in [0.05, 0.1) is 34.4 Å². The smallest absolute Gasteiger partial charge is 0.283 e. The number of nitro groups is 1. The number of nitro benzene ring substituents is 1. The van der Waals surface area contributed by atoms with E-state index in [1.54, 1.807) is 22.8 Å². The third kappa shape index (κ3) is 3.43. The first kappa shape index (κ1) is 19.4. The van der Waals surface area contributed by atoms with Crippen LogP contribution in [-0.4, -0.2) is 22.5 Å². The zero-order valence-corrected chi connectivity index (χ0v) is 16.7. The van der Waals surface area contributed by atoms with Gasteiger partial charge in [-0.25, -0.2) is 0 Å². The second-order valence-corrected chi connectivity index (χ2v) is 7.41. The Morgan fingerprint density at radius 3 is 2.63 bits per heavy atom. The summed E-state index contributed by atoms with van der Waals surface area (Å²) in [6, 6.07) is 15.6. The molecule has 1 heterocycles. The van der Waals surface area contributed by atoms with Crippen LogP contribution in [0.5, 0.6) is 5.75 Å². The maximum Gasteiger partial charge on any atom is 0.283 e. The highest BCUT2D eigenvalue weighted by Gasteiger charge is 2.16. The van der Waals surface area contributed by atoms with Crippen LogP contribution < -0.4 is 9.54 Å². The second kappa shape index (κ2) is 7.81. The third-order valence-corrected chi connectivity index (χ3v) is 5.66. The van der Waals surface area contributed by atoms with Crippen molar-refractivity contribution in [1.82, 2.24) is 4.57 Å². The molecule has 0 aliphatic heterocycles. The van der Waals surface area contributed by atoms with E-state index in [1.165, 1.54) is 30.6 Å². The number of nitrogens with zero attached hydrogens (tertiary/aromatic N) is 3. The topological polar surface area (TPSA) is 86.7 Å². The number of thiazole rings is 1. The molecule has 0 unspecified atom stereocenters. The number of hydrogen-bond acceptors (Lipinski definition) is 5. The van der Waals surface area contributed by atoms with E-state index in [1.807, 2.05) is 24.3 Å². The van der Waals surface area contributed by atoms with Crippen LogP contribution in [0, 0.1) is 22.5 Å². The average molecular weight is 417 g/mol. The number of carbonyl (C=O) groups excluding carboxylic acids is 1. The molecular weight excluding hydrogens is 402 g/mol. The van der Waals surface area contributed by atoms with Crippen molar-refractivity contribution in [3.63, 3.8) is 0 Å². The standard InChI is InChI=1S/C22H15N3O4S/c1-3-10-24-18-9-8-16(25(27)28)13-20(18)30-22(24)23-21(26)17-11-14-6-4-5-7-15(14)12-19(17)29-2/h1,4-9,11-13H,10H2,2H3. The number of carbonyl (C=O) groups is 1. The Kier molecular flexibility index (Phi) is 5.04. The van der Waals surface area contributed by atoms with Crippen LogP contribution in [0.4, 0.5) is 5.69 Å². The zero-order valence-electron chi connectivity index (χ0n) is 15.9. The van der Waals surface area contributed by atoms with Crippen LogP contribution in [-0.2, 0) is 6.54 Å². The summed E-state index contributed by atoms with van der Waals surface area (Å²) >= 11 is 1.17. The van der Waals surface area contributed by atoms with E-state index in [4.69, 9.17) is 11.2 Å². The molecule has 4 aromatic rings. The van der Waals surface area contributed by atoms with Gasteiger partial charge >= 0.3 is 0 Å². The van der Waals surface area contributed by atoms with Gasteiger partial charge in [0.25, 0.3) is 11.6 Å². The van der Waals surface area contributed by atoms with Gasteiger partial charge in [-0.2, -0.15) is 4.99 Å². The summed E-state index contributed by atoms with van der Waals surface area (Å²) in [4.78, 5) is 28.3. The first-order valence-electron chi connectivity index (χ1n) is 8.89. The Hall–Kier alpha value is -3.96. The molecule has 1 aromatic heterocycles. The fourth-order valence-corrected chi connectivity index (χ4v) is 4.27. The SMILES string of the molecule is C#CCn1c(=NC(=O)c2cc3ccccc3cc2OC)sc2cc([N+](=O)[O-])ccc21. The van der Waals surface area contributed by atoms with Gasteiger partial charge in [-0.1, -0.05) is 41.5 Å². The van der Waals surface area contributed by atoms with Crippen molar-refractivity contribution >= 4 is 43.9 Å². The zero-order chi connectivity index (χ0) is 21.3. The van der Waals surface area contributed by atoms with E-state index in [9.17, 15) is 14.9 Å². The molecule has 0 aliphatic carbocycles. The minimum absolute atomic E-state index is 0.0364. The van der Waals surface area contributed by atoms with Crippen molar-refractivity contribution in [1.29, 1.82) is 0 Å². The number of aromatic nitrogens is 1. The predicted molar refractivity (Wildman–Crippen MR) is 116 cm³/mol. The van der Waals surface area contributed by atoms with Gasteiger partial charge in [0.2, 0.25) is 0 Å². The fraction of sp³-hybridized carbons (Fsp3) is 0.0909. The molecule has 0 saturated heterocycles. The first-order chi connectivity index (χ1) is 14.5. The van der Waals surface area contributed by atoms with Crippen LogP contribution >= 0.6 is 11.3 Å². The Morgan fingerprint density at radius 1 is 1.23 bits per heavy atom. The number of ether oxygens (including phenoxy) is 1. The van der Waals surface area contributed by atoms with Crippen molar-refractivity contribution < 1.29 is 14.5 Å². The van der Waals surface area contributed by atoms with Gasteiger partial charge in [0, 0.05) is 12.1 Å². The summed E-state index contributed by atoms with van der Waals surface area (Å²) in [5.41, 5.74) is 0.971. The maximum absolute atomic E-state index is 13.0. The summed E-state index contributed by atoms with van der Waals surface area (Å²) in [6.45, 7) is 0.179. The van der Waals surface area contributed by atoms with Crippen LogP contribution in [0.25, 0.3) is 21.0 Å². The molecule has 3 aromatic carbocycles. The lowest BCUT2D eigenvalue weighted by Gasteiger charge is -2.07. The Morgan fingerprint density at radius 2 is 1.97 bits per heavy atom. The normalized spacial score (nSPS) is 11.5. The predicted octanol–water partition coefficient (Wildman–Crippen LogP) is 4.15. The van der Waals surface area contributed by atoms with Crippen LogP contribution in [0.15, 0.2) is 59.6 Å². The van der Waals surface area contributed by atoms with Crippen LogP contribution in [0.1, 0.15) is 10.4 Å². The number of non-ortho nitro benzene ring substituents is 1. The molecule has 7 nitrogen and oxygen atoms in total. The number of rotatable bonds is 4. The lowest BCUT2D eigenvalue weighted by Crippen LogP contribution is -2.16. The molecule has 8 heteroatoms. The van der Waals surface area contributed by atoms with E-state index in [0.717, 1.165) is 10.8 Å². The number of methoxy groups -OCH3 is 1. The first-order valence-corrected chi connectivity index (χ1v) is 9.70. The Bertz CT molecular complexity index is 1430. The molecule has 0 bridgehead atoms. The van der Waals surface area contributed by atoms with E-state index < -0.39 is 10.8 Å². The van der Waals surface area contributed by atoms with E-state index in [0.29, 0.717) is 26.3 Å². The summed E-state index contributed by atoms with van der Waals surface area (Å²) in [6.07, 6.45) is 5.49. The molecule has 0 spiro atoms. The summed E-state index contributed by atoms with van der Waals surface area (Å²) in [5, 5.41) is 12.9. The quantitative estimate of drug-likeness (QED) is 0.284. The number of fused-ring (bicyclic) bond motifs is 2. The van der Waals surface area contributed by atoms with E-state index in [2.05, 4.69) is 10.9 Å². The largest absolute Gasteiger partial charge is 0.496 e. The highest BCUT2D eigenvalue weighted by Crippen LogP contribution is 2.27. The van der Waals surface area contributed by atoms with Crippen molar-refractivity contribution in [2.45, 2.75) is 6.54 Å². The van der Waals surface area contributed by atoms with Crippen molar-refractivity contribution in [2.75, 3.05) is 7.11 Å². The van der Waals surface area contributed by atoms with Gasteiger partial charge in [-0.05, 0) is 29.0 Å². The number of terminal acetylenes is 1. The van der Waals surface area contributed by atoms with Gasteiger partial charge in [-0.3, -0.25) is 14.9 Å². The van der Waals surface area contributed by atoms with E-state index in [-0.39, 0.29) is 12.2 Å². The van der Waals surface area contributed by atoms with Gasteiger partial charge < -0.3 is 9.30 Å². The summed E-state index contributed by atoms with van der Waals surface area (Å²) in [7, 11) is 1.50. The lowest BCUT2D eigenvalue weighted by atomic mass is 10.1. The van der Waals surface area contributed by atoms with Crippen molar-refractivity contribution in [2.24, 2.45) is 4.99 Å². The van der Waals surface area contributed by atoms with Gasteiger partial charge in [0.1, 0.15) is 5.75 Å². The molecular formula is C22H15N3O4S. The molecule has 0 atom stereocenters. The highest BCUT2D eigenvalue weighted by molar-refractivity contribution is 7.16. The number of hydrogen-bond donors (Lipinski definition) is 0. The fourth-order valence-electron chi connectivity index (χ4n) is 3.21. The summed E-state index contributed by atoms with van der Waals surface area (Å²) in [5.74, 6) is 2.48. The molecule has 30 heavy (non-hydrogen) atoms. The average Bonchev–Trinajstić information content (AvgIpc) is 3.09. The molecule has 4 rings (SSSR count). The monoisotopic (exact) mass is 417 g/mol. The van der Waals surface area contributed by atoms with Gasteiger partial charge in [-0.15, -0.1) is 6.42 Å². The molecule has 1 amide bonds. The Balaban J connectivity index is 1.89. The lowest BCUT2D eigenvalue weighted by molar-refractivity contribution is -0.384. The Labute approximate surface area is 175 Å². The molecule has 0 N–H and O–H groups in total. The van der Waals surface area contributed by atoms with Crippen molar-refractivity contribution in [3.05, 3.63) is 75.1 Å². The second-order valence-electron chi connectivity index (χ2n) is 6.40. The minimum Gasteiger partial charge on any atom is -0.496 e. The van der Waals surface area contributed by atoms with Gasteiger partial charge in [0.15, 0.2) is 4.80 Å². The number of amides is 1. The highest BCUT2D eigenvalue weighted by atomic mass is 32.1. The van der Waals surface area contributed by atoms with E-state index >= 15 is 0 Å². The molecule has 0 radical (unpaired) electrons. The molecule has 148 valence electrons.